The van der Waals surface area contributed by atoms with E-state index >= 15 is 0 Å². The lowest BCUT2D eigenvalue weighted by Crippen LogP contribution is -2.10. The summed E-state index contributed by atoms with van der Waals surface area (Å²) in [7, 11) is -0.598. The molecule has 0 amide bonds. The van der Waals surface area contributed by atoms with Gasteiger partial charge in [0.25, 0.3) is 0 Å². The van der Waals surface area contributed by atoms with E-state index in [9.17, 15) is 0 Å². The zero-order valence-electron chi connectivity index (χ0n) is 17.8. The Morgan fingerprint density at radius 2 is 2.03 bits per heavy atom. The van der Waals surface area contributed by atoms with Crippen LogP contribution in [0.5, 0.6) is 11.6 Å². The Hall–Kier alpha value is -3.01. The number of aliphatic hydroxyl groups is 1. The molecule has 3 aromatic heterocycles. The Balaban J connectivity index is 1.42. The maximum Gasteiger partial charge on any atom is 0.219 e. The molecular formula is C22H27N5O3Si. The predicted octanol–water partition coefficient (Wildman–Crippen LogP) is 3.54. The molecule has 4 aromatic rings. The van der Waals surface area contributed by atoms with Gasteiger partial charge >= 0.3 is 0 Å². The third-order valence-electron chi connectivity index (χ3n) is 4.88. The van der Waals surface area contributed by atoms with E-state index < -0.39 is 8.80 Å². The average Bonchev–Trinajstić information content (AvgIpc) is 3.38. The van der Waals surface area contributed by atoms with E-state index in [0.29, 0.717) is 24.9 Å². The summed E-state index contributed by atoms with van der Waals surface area (Å²) < 4.78 is 15.3. The SMILES string of the molecule is C[SiH](C)CCOCn1nccc1-c1ccc(Oc2ccc3nn(CCO)cc3c2)nc1. The summed E-state index contributed by atoms with van der Waals surface area (Å²) in [5.41, 5.74) is 2.77. The zero-order chi connectivity index (χ0) is 21.6. The largest absolute Gasteiger partial charge is 0.439 e. The Morgan fingerprint density at radius 3 is 2.81 bits per heavy atom. The molecule has 4 rings (SSSR count). The van der Waals surface area contributed by atoms with Crippen LogP contribution in [0.25, 0.3) is 22.2 Å². The van der Waals surface area contributed by atoms with Crippen LogP contribution in [0.2, 0.25) is 19.1 Å². The fourth-order valence-electron chi connectivity index (χ4n) is 3.20. The summed E-state index contributed by atoms with van der Waals surface area (Å²) in [6.07, 6.45) is 5.44. The summed E-state index contributed by atoms with van der Waals surface area (Å²) in [5, 5.41) is 18.8. The zero-order valence-corrected chi connectivity index (χ0v) is 19.0. The fraction of sp³-hybridized carbons (Fsp3) is 0.318. The summed E-state index contributed by atoms with van der Waals surface area (Å²) >= 11 is 0. The van der Waals surface area contributed by atoms with Crippen LogP contribution >= 0.6 is 0 Å². The van der Waals surface area contributed by atoms with Gasteiger partial charge < -0.3 is 14.6 Å². The lowest BCUT2D eigenvalue weighted by molar-refractivity contribution is 0.0801. The van der Waals surface area contributed by atoms with Gasteiger partial charge in [-0.05, 0) is 36.4 Å². The lowest BCUT2D eigenvalue weighted by atomic mass is 10.2. The van der Waals surface area contributed by atoms with Crippen molar-refractivity contribution in [2.24, 2.45) is 0 Å². The van der Waals surface area contributed by atoms with Crippen LogP contribution in [0.1, 0.15) is 0 Å². The van der Waals surface area contributed by atoms with E-state index in [1.165, 1.54) is 0 Å². The number of hydrogen-bond acceptors (Lipinski definition) is 6. The monoisotopic (exact) mass is 437 g/mol. The Morgan fingerprint density at radius 1 is 1.13 bits per heavy atom. The van der Waals surface area contributed by atoms with Crippen molar-refractivity contribution in [2.45, 2.75) is 32.4 Å². The first kappa shape index (κ1) is 21.2. The molecule has 162 valence electrons. The Bertz CT molecular complexity index is 1120. The van der Waals surface area contributed by atoms with Crippen molar-refractivity contribution in [1.82, 2.24) is 24.5 Å². The first-order chi connectivity index (χ1) is 15.1. The van der Waals surface area contributed by atoms with Crippen molar-refractivity contribution in [2.75, 3.05) is 13.2 Å². The van der Waals surface area contributed by atoms with Crippen molar-refractivity contribution in [3.8, 4) is 22.9 Å². The van der Waals surface area contributed by atoms with Crippen LogP contribution in [0.3, 0.4) is 0 Å². The van der Waals surface area contributed by atoms with E-state index in [-0.39, 0.29) is 6.61 Å². The minimum Gasteiger partial charge on any atom is -0.439 e. The first-order valence-corrected chi connectivity index (χ1v) is 13.6. The molecule has 0 atom stereocenters. The van der Waals surface area contributed by atoms with Gasteiger partial charge in [-0.1, -0.05) is 13.1 Å². The molecule has 0 bridgehead atoms. The second-order valence-electron chi connectivity index (χ2n) is 7.76. The van der Waals surface area contributed by atoms with Crippen molar-refractivity contribution in [1.29, 1.82) is 0 Å². The van der Waals surface area contributed by atoms with Crippen LogP contribution in [0, 0.1) is 0 Å². The molecular weight excluding hydrogens is 410 g/mol. The molecule has 9 heteroatoms. The van der Waals surface area contributed by atoms with E-state index in [4.69, 9.17) is 14.6 Å². The molecule has 0 unspecified atom stereocenters. The normalized spacial score (nSPS) is 11.5. The lowest BCUT2D eigenvalue weighted by Gasteiger charge is -2.10. The maximum atomic E-state index is 9.07. The first-order valence-electron chi connectivity index (χ1n) is 10.4. The number of benzene rings is 1. The molecule has 0 fully saturated rings. The van der Waals surface area contributed by atoms with E-state index in [1.54, 1.807) is 17.1 Å². The van der Waals surface area contributed by atoms with Gasteiger partial charge in [-0.3, -0.25) is 4.68 Å². The molecule has 0 aliphatic rings. The average molecular weight is 438 g/mol. The summed E-state index contributed by atoms with van der Waals surface area (Å²) in [6.45, 7) is 6.37. The van der Waals surface area contributed by atoms with Crippen molar-refractivity contribution < 1.29 is 14.6 Å². The molecule has 1 aromatic carbocycles. The molecule has 0 spiro atoms. The second kappa shape index (κ2) is 9.86. The third kappa shape index (κ3) is 5.38. The predicted molar refractivity (Wildman–Crippen MR) is 122 cm³/mol. The molecule has 0 saturated carbocycles. The highest BCUT2D eigenvalue weighted by Gasteiger charge is 2.08. The summed E-state index contributed by atoms with van der Waals surface area (Å²) in [6, 6.07) is 12.6. The number of ether oxygens (including phenoxy) is 2. The van der Waals surface area contributed by atoms with Crippen molar-refractivity contribution >= 4 is 19.7 Å². The standard InChI is InChI=1S/C22H27N5O3Si/c1-31(2)12-11-29-16-27-21(7-8-24-27)17-3-6-22(23-14-17)30-19-4-5-20-18(13-19)15-26(25-20)9-10-28/h3-8,13-15,28,31H,9-12,16H2,1-2H3. The third-order valence-corrected chi connectivity index (χ3v) is 6.27. The maximum absolute atomic E-state index is 9.07. The minimum absolute atomic E-state index is 0.0537. The number of fused-ring (bicyclic) bond motifs is 1. The molecule has 1 N–H and O–H groups in total. The van der Waals surface area contributed by atoms with Crippen LogP contribution in [0.4, 0.5) is 0 Å². The van der Waals surface area contributed by atoms with Crippen LogP contribution < -0.4 is 4.74 Å². The Labute approximate surface area is 182 Å². The number of aromatic nitrogens is 5. The topological polar surface area (TPSA) is 87.2 Å². The van der Waals surface area contributed by atoms with Gasteiger partial charge in [0.05, 0.1) is 24.4 Å². The van der Waals surface area contributed by atoms with Gasteiger partial charge in [0, 0.05) is 51.0 Å². The summed E-state index contributed by atoms with van der Waals surface area (Å²) in [5.74, 6) is 1.19. The van der Waals surface area contributed by atoms with Crippen LogP contribution in [0.15, 0.2) is 55.0 Å². The molecule has 0 aliphatic heterocycles. The molecule has 31 heavy (non-hydrogen) atoms. The van der Waals surface area contributed by atoms with Gasteiger partial charge in [0.15, 0.2) is 0 Å². The fourth-order valence-corrected chi connectivity index (χ4v) is 3.84. The quantitative estimate of drug-likeness (QED) is 0.302. The van der Waals surface area contributed by atoms with Gasteiger partial charge in [-0.2, -0.15) is 10.2 Å². The number of rotatable bonds is 10. The smallest absolute Gasteiger partial charge is 0.219 e. The molecule has 0 aliphatic carbocycles. The van der Waals surface area contributed by atoms with Crippen molar-refractivity contribution in [3.05, 3.63) is 55.0 Å². The highest BCUT2D eigenvalue weighted by Crippen LogP contribution is 2.26. The molecule has 8 nitrogen and oxygen atoms in total. The van der Waals surface area contributed by atoms with E-state index in [2.05, 4.69) is 28.3 Å². The number of nitrogens with zero attached hydrogens (tertiary/aromatic N) is 5. The minimum atomic E-state index is -0.598. The van der Waals surface area contributed by atoms with Gasteiger partial charge in [0.1, 0.15) is 12.5 Å². The second-order valence-corrected chi connectivity index (χ2v) is 11.1. The Kier molecular flexibility index (Phi) is 6.75. The highest BCUT2D eigenvalue weighted by molar-refractivity contribution is 6.55. The van der Waals surface area contributed by atoms with Crippen molar-refractivity contribution in [3.63, 3.8) is 0 Å². The van der Waals surface area contributed by atoms with Gasteiger partial charge in [-0.25, -0.2) is 9.67 Å². The molecule has 3 heterocycles. The summed E-state index contributed by atoms with van der Waals surface area (Å²) in [4.78, 5) is 4.45. The molecule has 0 radical (unpaired) electrons. The number of pyridine rings is 1. The number of hydrogen-bond donors (Lipinski definition) is 1. The van der Waals surface area contributed by atoms with Crippen LogP contribution in [-0.4, -0.2) is 51.7 Å². The van der Waals surface area contributed by atoms with E-state index in [1.807, 2.05) is 47.3 Å². The van der Waals surface area contributed by atoms with E-state index in [0.717, 1.165) is 34.8 Å². The van der Waals surface area contributed by atoms with Gasteiger partial charge in [0.2, 0.25) is 5.88 Å². The number of aliphatic hydroxyl groups excluding tert-OH is 1. The molecule has 0 saturated heterocycles. The van der Waals surface area contributed by atoms with Crippen LogP contribution in [-0.2, 0) is 18.0 Å². The highest BCUT2D eigenvalue weighted by atomic mass is 28.3. The van der Waals surface area contributed by atoms with Gasteiger partial charge in [-0.15, -0.1) is 0 Å².